The molecule has 1 aromatic carbocycles. The number of benzene rings is 1. The van der Waals surface area contributed by atoms with Crippen LogP contribution >= 0.6 is 11.6 Å². The fraction of sp³-hybridized carbons (Fsp3) is 0.533. The summed E-state index contributed by atoms with van der Waals surface area (Å²) in [6.07, 6.45) is 2.09. The molecule has 2 N–H and O–H groups in total. The van der Waals surface area contributed by atoms with E-state index < -0.39 is 6.10 Å². The van der Waals surface area contributed by atoms with Crippen LogP contribution in [-0.4, -0.2) is 23.7 Å². The maximum atomic E-state index is 11.9. The molecule has 1 aromatic rings. The number of nitrogens with one attached hydrogen (secondary N) is 1. The topological polar surface area (TPSA) is 49.3 Å². The normalized spacial score (nSPS) is 22.9. The van der Waals surface area contributed by atoms with Crippen molar-refractivity contribution < 1.29 is 9.90 Å². The number of rotatable bonds is 6. The first-order chi connectivity index (χ1) is 9.11. The van der Waals surface area contributed by atoms with Crippen LogP contribution in [-0.2, 0) is 4.79 Å². The summed E-state index contributed by atoms with van der Waals surface area (Å²) in [6, 6.07) is 7.68. The van der Waals surface area contributed by atoms with Gasteiger partial charge in [0.25, 0.3) is 0 Å². The minimum Gasteiger partial charge on any atom is -0.391 e. The van der Waals surface area contributed by atoms with Crippen LogP contribution in [0.5, 0.6) is 0 Å². The Bertz CT molecular complexity index is 450. The molecule has 2 rings (SSSR count). The average molecular weight is 282 g/mol. The Morgan fingerprint density at radius 3 is 3.05 bits per heavy atom. The maximum absolute atomic E-state index is 11.9. The highest BCUT2D eigenvalue weighted by Gasteiger charge is 2.43. The zero-order valence-corrected chi connectivity index (χ0v) is 11.9. The summed E-state index contributed by atoms with van der Waals surface area (Å²) in [5, 5.41) is 13.1. The van der Waals surface area contributed by atoms with Gasteiger partial charge in [0.05, 0.1) is 6.10 Å². The largest absolute Gasteiger partial charge is 0.391 e. The Morgan fingerprint density at radius 2 is 2.37 bits per heavy atom. The van der Waals surface area contributed by atoms with Gasteiger partial charge < -0.3 is 10.4 Å². The minimum absolute atomic E-state index is 0.0345. The van der Waals surface area contributed by atoms with Crippen molar-refractivity contribution in [3.05, 3.63) is 34.9 Å². The van der Waals surface area contributed by atoms with Crippen LogP contribution in [0.25, 0.3) is 0 Å². The Kier molecular flexibility index (Phi) is 4.83. The molecule has 0 radical (unpaired) electrons. The van der Waals surface area contributed by atoms with Crippen LogP contribution in [0.2, 0.25) is 5.02 Å². The lowest BCUT2D eigenvalue weighted by Gasteiger charge is -2.10. The second-order valence-electron chi connectivity index (χ2n) is 5.19. The van der Waals surface area contributed by atoms with Crippen LogP contribution in [0.4, 0.5) is 0 Å². The van der Waals surface area contributed by atoms with Crippen molar-refractivity contribution in [2.75, 3.05) is 6.54 Å². The summed E-state index contributed by atoms with van der Waals surface area (Å²) in [5.41, 5.74) is 1.13. The molecule has 3 nitrogen and oxygen atoms in total. The van der Waals surface area contributed by atoms with Gasteiger partial charge in [-0.25, -0.2) is 0 Å². The summed E-state index contributed by atoms with van der Waals surface area (Å²) >= 11 is 5.95. The van der Waals surface area contributed by atoms with Crippen LogP contribution in [0.3, 0.4) is 0 Å². The molecule has 4 heteroatoms. The molecule has 1 fully saturated rings. The third kappa shape index (κ3) is 3.95. The Hall–Kier alpha value is -1.06. The van der Waals surface area contributed by atoms with Crippen molar-refractivity contribution in [3.8, 4) is 0 Å². The zero-order chi connectivity index (χ0) is 13.8. The summed E-state index contributed by atoms with van der Waals surface area (Å²) in [7, 11) is 0. The molecule has 0 spiro atoms. The second-order valence-corrected chi connectivity index (χ2v) is 5.63. The molecule has 1 amide bonds. The van der Waals surface area contributed by atoms with Crippen molar-refractivity contribution >= 4 is 17.5 Å². The average Bonchev–Trinajstić information content (AvgIpc) is 3.16. The van der Waals surface area contributed by atoms with Gasteiger partial charge in [-0.2, -0.15) is 0 Å². The molecule has 104 valence electrons. The zero-order valence-electron chi connectivity index (χ0n) is 11.1. The quantitative estimate of drug-likeness (QED) is 0.842. The highest BCUT2D eigenvalue weighted by atomic mass is 35.5. The first-order valence-corrected chi connectivity index (χ1v) is 7.20. The molecule has 1 aliphatic carbocycles. The van der Waals surface area contributed by atoms with E-state index >= 15 is 0 Å². The Morgan fingerprint density at radius 1 is 1.58 bits per heavy atom. The van der Waals surface area contributed by atoms with Gasteiger partial charge in [-0.05, 0) is 36.5 Å². The van der Waals surface area contributed by atoms with E-state index in [4.69, 9.17) is 11.6 Å². The van der Waals surface area contributed by atoms with Crippen LogP contribution in [0, 0.1) is 5.92 Å². The molecule has 1 aliphatic rings. The van der Waals surface area contributed by atoms with Gasteiger partial charge in [-0.15, -0.1) is 0 Å². The minimum atomic E-state index is -0.433. The van der Waals surface area contributed by atoms with E-state index in [0.29, 0.717) is 11.6 Å². The van der Waals surface area contributed by atoms with Crippen molar-refractivity contribution in [1.29, 1.82) is 0 Å². The molecule has 0 bridgehead atoms. The standard InChI is InChI=1S/C15H20ClNO2/c1-2-4-12(18)9-17-15(19)14-8-13(14)10-5-3-6-11(16)7-10/h3,5-7,12-14,18H,2,4,8-9H2,1H3,(H,17,19). The molecular formula is C15H20ClNO2. The number of carbonyl (C=O) groups is 1. The first-order valence-electron chi connectivity index (χ1n) is 6.83. The number of aliphatic hydroxyl groups is 1. The van der Waals surface area contributed by atoms with E-state index in [9.17, 15) is 9.90 Å². The molecule has 1 saturated carbocycles. The van der Waals surface area contributed by atoms with Crippen molar-refractivity contribution in [2.45, 2.75) is 38.2 Å². The summed E-state index contributed by atoms with van der Waals surface area (Å²) < 4.78 is 0. The summed E-state index contributed by atoms with van der Waals surface area (Å²) in [5.74, 6) is 0.356. The van der Waals surface area contributed by atoms with E-state index in [1.54, 1.807) is 0 Å². The fourth-order valence-corrected chi connectivity index (χ4v) is 2.57. The van der Waals surface area contributed by atoms with Gasteiger partial charge in [0, 0.05) is 17.5 Å². The van der Waals surface area contributed by atoms with Gasteiger partial charge in [0.2, 0.25) is 5.91 Å². The lowest BCUT2D eigenvalue weighted by molar-refractivity contribution is -0.122. The molecular weight excluding hydrogens is 262 g/mol. The SMILES string of the molecule is CCCC(O)CNC(=O)C1CC1c1cccc(Cl)c1. The predicted molar refractivity (Wildman–Crippen MR) is 76.2 cm³/mol. The smallest absolute Gasteiger partial charge is 0.223 e. The molecule has 0 aromatic heterocycles. The summed E-state index contributed by atoms with van der Waals surface area (Å²) in [4.78, 5) is 11.9. The number of carbonyl (C=O) groups excluding carboxylic acids is 1. The van der Waals surface area contributed by atoms with Gasteiger partial charge in [-0.3, -0.25) is 4.79 Å². The molecule has 0 heterocycles. The van der Waals surface area contributed by atoms with E-state index in [1.807, 2.05) is 31.2 Å². The van der Waals surface area contributed by atoms with E-state index in [2.05, 4.69) is 5.32 Å². The summed E-state index contributed by atoms with van der Waals surface area (Å²) in [6.45, 7) is 2.37. The van der Waals surface area contributed by atoms with E-state index in [-0.39, 0.29) is 17.7 Å². The Balaban J connectivity index is 1.80. The number of hydrogen-bond acceptors (Lipinski definition) is 2. The van der Waals surface area contributed by atoms with Gasteiger partial charge in [0.1, 0.15) is 0 Å². The monoisotopic (exact) mass is 281 g/mol. The predicted octanol–water partition coefficient (Wildman–Crippen LogP) is 2.72. The number of halogens is 1. The van der Waals surface area contributed by atoms with Crippen molar-refractivity contribution in [2.24, 2.45) is 5.92 Å². The van der Waals surface area contributed by atoms with E-state index in [0.717, 1.165) is 24.8 Å². The first kappa shape index (κ1) is 14.4. The fourth-order valence-electron chi connectivity index (χ4n) is 2.38. The van der Waals surface area contributed by atoms with Gasteiger partial charge in [-0.1, -0.05) is 37.1 Å². The van der Waals surface area contributed by atoms with Gasteiger partial charge in [0.15, 0.2) is 0 Å². The highest BCUT2D eigenvalue weighted by Crippen LogP contribution is 2.47. The Labute approximate surface area is 119 Å². The molecule has 3 unspecified atom stereocenters. The van der Waals surface area contributed by atoms with Crippen molar-refractivity contribution in [3.63, 3.8) is 0 Å². The maximum Gasteiger partial charge on any atom is 0.223 e. The molecule has 3 atom stereocenters. The number of amides is 1. The number of aliphatic hydroxyl groups excluding tert-OH is 1. The van der Waals surface area contributed by atoms with E-state index in [1.165, 1.54) is 0 Å². The third-order valence-corrected chi connectivity index (χ3v) is 3.77. The van der Waals surface area contributed by atoms with Crippen LogP contribution in [0.1, 0.15) is 37.7 Å². The lowest BCUT2D eigenvalue weighted by atomic mass is 10.1. The molecule has 0 saturated heterocycles. The molecule has 19 heavy (non-hydrogen) atoms. The van der Waals surface area contributed by atoms with Crippen molar-refractivity contribution in [1.82, 2.24) is 5.32 Å². The highest BCUT2D eigenvalue weighted by molar-refractivity contribution is 6.30. The second kappa shape index (κ2) is 6.40. The van der Waals surface area contributed by atoms with Gasteiger partial charge >= 0.3 is 0 Å². The number of hydrogen-bond donors (Lipinski definition) is 2. The third-order valence-electron chi connectivity index (χ3n) is 3.54. The molecule has 0 aliphatic heterocycles. The van der Waals surface area contributed by atoms with Crippen LogP contribution in [0.15, 0.2) is 24.3 Å². The lowest BCUT2D eigenvalue weighted by Crippen LogP contribution is -2.33. The van der Waals surface area contributed by atoms with Crippen LogP contribution < -0.4 is 5.32 Å².